The van der Waals surface area contributed by atoms with Crippen LogP contribution in [-0.2, 0) is 6.42 Å². The molecule has 1 rings (SSSR count). The molecule has 0 amide bonds. The molecule has 10 heavy (non-hydrogen) atoms. The maximum absolute atomic E-state index is 5.78. The van der Waals surface area contributed by atoms with E-state index >= 15 is 0 Å². The van der Waals surface area contributed by atoms with E-state index in [4.69, 9.17) is 11.6 Å². The Labute approximate surface area is 66.0 Å². The van der Waals surface area contributed by atoms with Gasteiger partial charge in [-0.05, 0) is 30.5 Å². The van der Waals surface area contributed by atoms with Crippen molar-refractivity contribution in [2.24, 2.45) is 0 Å². The van der Waals surface area contributed by atoms with Crippen LogP contribution in [-0.4, -0.2) is 4.98 Å². The summed E-state index contributed by atoms with van der Waals surface area (Å²) in [7, 11) is 0. The van der Waals surface area contributed by atoms with E-state index in [1.165, 1.54) is 5.56 Å². The minimum absolute atomic E-state index is 0.624. The highest BCUT2D eigenvalue weighted by Gasteiger charge is 1.98. The van der Waals surface area contributed by atoms with E-state index in [1.54, 1.807) is 6.20 Å². The lowest BCUT2D eigenvalue weighted by Gasteiger charge is -2.01. The number of aryl methyl sites for hydroxylation is 1. The molecule has 0 saturated carbocycles. The van der Waals surface area contributed by atoms with Gasteiger partial charge in [-0.25, -0.2) is 4.98 Å². The maximum Gasteiger partial charge on any atom is 0.132 e. The average molecular weight is 156 g/mol. The molecular formula is C8H10ClN. The number of pyridine rings is 1. The largest absolute Gasteiger partial charge is 0.244 e. The van der Waals surface area contributed by atoms with Crippen LogP contribution in [0.2, 0.25) is 5.15 Å². The molecule has 0 saturated heterocycles. The average Bonchev–Trinajstić information content (AvgIpc) is 1.95. The number of halogens is 1. The Morgan fingerprint density at radius 2 is 2.30 bits per heavy atom. The highest BCUT2D eigenvalue weighted by Crippen LogP contribution is 2.15. The summed E-state index contributed by atoms with van der Waals surface area (Å²) in [6, 6.07) is 2.00. The molecule has 0 aromatic carbocycles. The molecule has 0 aliphatic heterocycles. The van der Waals surface area contributed by atoms with E-state index in [0.717, 1.165) is 12.0 Å². The monoisotopic (exact) mass is 155 g/mol. The van der Waals surface area contributed by atoms with Crippen LogP contribution in [0.25, 0.3) is 0 Å². The first-order valence-electron chi connectivity index (χ1n) is 3.35. The lowest BCUT2D eigenvalue weighted by molar-refractivity contribution is 1.08. The molecule has 0 fully saturated rings. The van der Waals surface area contributed by atoms with Crippen molar-refractivity contribution in [2.75, 3.05) is 0 Å². The smallest absolute Gasteiger partial charge is 0.132 e. The predicted octanol–water partition coefficient (Wildman–Crippen LogP) is 2.61. The third-order valence-corrected chi connectivity index (χ3v) is 2.02. The Kier molecular flexibility index (Phi) is 2.28. The first kappa shape index (κ1) is 7.55. The van der Waals surface area contributed by atoms with E-state index in [1.807, 2.05) is 13.0 Å². The molecule has 0 spiro atoms. The van der Waals surface area contributed by atoms with Crippen LogP contribution in [0.5, 0.6) is 0 Å². The van der Waals surface area contributed by atoms with Gasteiger partial charge in [-0.15, -0.1) is 0 Å². The Balaban J connectivity index is 3.14. The normalized spacial score (nSPS) is 9.90. The lowest BCUT2D eigenvalue weighted by Crippen LogP contribution is -1.88. The van der Waals surface area contributed by atoms with Crippen LogP contribution in [0.3, 0.4) is 0 Å². The minimum Gasteiger partial charge on any atom is -0.244 e. The van der Waals surface area contributed by atoms with Gasteiger partial charge in [0.1, 0.15) is 5.15 Å². The highest BCUT2D eigenvalue weighted by atomic mass is 35.5. The van der Waals surface area contributed by atoms with Crippen molar-refractivity contribution in [3.8, 4) is 0 Å². The SMILES string of the molecule is CCc1ccnc(Cl)c1C. The predicted molar refractivity (Wildman–Crippen MR) is 43.4 cm³/mol. The number of rotatable bonds is 1. The Hall–Kier alpha value is -0.560. The van der Waals surface area contributed by atoms with Crippen molar-refractivity contribution in [1.29, 1.82) is 0 Å². The summed E-state index contributed by atoms with van der Waals surface area (Å²) >= 11 is 5.78. The molecule has 0 radical (unpaired) electrons. The van der Waals surface area contributed by atoms with Crippen molar-refractivity contribution >= 4 is 11.6 Å². The van der Waals surface area contributed by atoms with Gasteiger partial charge in [0.25, 0.3) is 0 Å². The van der Waals surface area contributed by atoms with Crippen LogP contribution < -0.4 is 0 Å². The van der Waals surface area contributed by atoms with Crippen LogP contribution in [0, 0.1) is 6.92 Å². The molecule has 1 nitrogen and oxygen atoms in total. The van der Waals surface area contributed by atoms with E-state index in [9.17, 15) is 0 Å². The van der Waals surface area contributed by atoms with E-state index in [0.29, 0.717) is 5.15 Å². The Morgan fingerprint density at radius 3 is 2.80 bits per heavy atom. The number of nitrogens with zero attached hydrogens (tertiary/aromatic N) is 1. The summed E-state index contributed by atoms with van der Waals surface area (Å²) in [5.41, 5.74) is 2.38. The van der Waals surface area contributed by atoms with Gasteiger partial charge in [-0.3, -0.25) is 0 Å². The van der Waals surface area contributed by atoms with Crippen molar-refractivity contribution in [1.82, 2.24) is 4.98 Å². The summed E-state index contributed by atoms with van der Waals surface area (Å²) in [6.45, 7) is 4.10. The first-order valence-corrected chi connectivity index (χ1v) is 3.73. The summed E-state index contributed by atoms with van der Waals surface area (Å²) in [6.07, 6.45) is 2.77. The van der Waals surface area contributed by atoms with Gasteiger partial charge in [0.15, 0.2) is 0 Å². The molecule has 1 heterocycles. The van der Waals surface area contributed by atoms with Crippen LogP contribution in [0.15, 0.2) is 12.3 Å². The summed E-state index contributed by atoms with van der Waals surface area (Å²) in [5, 5.41) is 0.624. The van der Waals surface area contributed by atoms with Gasteiger partial charge in [-0.1, -0.05) is 18.5 Å². The van der Waals surface area contributed by atoms with E-state index < -0.39 is 0 Å². The fraction of sp³-hybridized carbons (Fsp3) is 0.375. The third-order valence-electron chi connectivity index (χ3n) is 1.64. The second-order valence-electron chi connectivity index (χ2n) is 2.24. The number of aromatic nitrogens is 1. The lowest BCUT2D eigenvalue weighted by atomic mass is 10.1. The van der Waals surface area contributed by atoms with Crippen molar-refractivity contribution in [2.45, 2.75) is 20.3 Å². The molecule has 54 valence electrons. The standard InChI is InChI=1S/C8H10ClN/c1-3-7-4-5-10-8(9)6(7)2/h4-5H,3H2,1-2H3. The zero-order valence-corrected chi connectivity index (χ0v) is 6.94. The Morgan fingerprint density at radius 1 is 1.60 bits per heavy atom. The highest BCUT2D eigenvalue weighted by molar-refractivity contribution is 6.30. The fourth-order valence-corrected chi connectivity index (χ4v) is 1.11. The zero-order valence-electron chi connectivity index (χ0n) is 6.19. The zero-order chi connectivity index (χ0) is 7.56. The molecular weight excluding hydrogens is 146 g/mol. The topological polar surface area (TPSA) is 12.9 Å². The van der Waals surface area contributed by atoms with Gasteiger partial charge in [0, 0.05) is 6.20 Å². The molecule has 1 aromatic heterocycles. The molecule has 1 aromatic rings. The fourth-order valence-electron chi connectivity index (χ4n) is 0.930. The molecule has 0 bridgehead atoms. The van der Waals surface area contributed by atoms with Gasteiger partial charge >= 0.3 is 0 Å². The maximum atomic E-state index is 5.78. The first-order chi connectivity index (χ1) is 4.75. The van der Waals surface area contributed by atoms with Crippen LogP contribution in [0.1, 0.15) is 18.1 Å². The Bertz CT molecular complexity index is 233. The summed E-state index contributed by atoms with van der Waals surface area (Å²) in [5.74, 6) is 0. The van der Waals surface area contributed by atoms with Gasteiger partial charge in [0.05, 0.1) is 0 Å². The van der Waals surface area contributed by atoms with Gasteiger partial charge < -0.3 is 0 Å². The molecule has 2 heteroatoms. The van der Waals surface area contributed by atoms with E-state index in [-0.39, 0.29) is 0 Å². The molecule has 0 aliphatic carbocycles. The summed E-state index contributed by atoms with van der Waals surface area (Å²) < 4.78 is 0. The van der Waals surface area contributed by atoms with Crippen molar-refractivity contribution < 1.29 is 0 Å². The second kappa shape index (κ2) is 3.02. The van der Waals surface area contributed by atoms with Gasteiger partial charge in [-0.2, -0.15) is 0 Å². The second-order valence-corrected chi connectivity index (χ2v) is 2.60. The van der Waals surface area contributed by atoms with Gasteiger partial charge in [0.2, 0.25) is 0 Å². The quantitative estimate of drug-likeness (QED) is 0.569. The molecule has 0 aliphatic rings. The van der Waals surface area contributed by atoms with Crippen LogP contribution >= 0.6 is 11.6 Å². The van der Waals surface area contributed by atoms with Crippen molar-refractivity contribution in [3.05, 3.63) is 28.5 Å². The van der Waals surface area contributed by atoms with Crippen LogP contribution in [0.4, 0.5) is 0 Å². The van der Waals surface area contributed by atoms with Crippen molar-refractivity contribution in [3.63, 3.8) is 0 Å². The van der Waals surface area contributed by atoms with E-state index in [2.05, 4.69) is 11.9 Å². The molecule has 0 atom stereocenters. The molecule has 0 unspecified atom stereocenters. The minimum atomic E-state index is 0.624. The number of hydrogen-bond donors (Lipinski definition) is 0. The molecule has 0 N–H and O–H groups in total. The number of hydrogen-bond acceptors (Lipinski definition) is 1. The summed E-state index contributed by atoms with van der Waals surface area (Å²) in [4.78, 5) is 3.95. The third kappa shape index (κ3) is 1.29.